The fourth-order valence-corrected chi connectivity index (χ4v) is 7.11. The molecule has 1 aliphatic heterocycles. The standard InChI is InChI=1S/C23H32N2O3/c1-15(23-11-16-8-17(12-23)10-18(9-16)13-23)24-21(26)19-2-5-25(6-3-19)22(27)20-4-7-28-14-20/h4,7,14-19H,2-3,5-6,8-13H2,1H3,(H,24,26)/t15-,16?,17?,18?,23?/m0/s1. The van der Waals surface area contributed by atoms with Crippen molar-refractivity contribution in [2.24, 2.45) is 29.1 Å². The van der Waals surface area contributed by atoms with Crippen LogP contribution >= 0.6 is 0 Å². The highest BCUT2D eigenvalue weighted by Gasteiger charge is 2.53. The van der Waals surface area contributed by atoms with Gasteiger partial charge in [-0.1, -0.05) is 0 Å². The number of amides is 2. The van der Waals surface area contributed by atoms with E-state index in [1.807, 2.05) is 4.90 Å². The van der Waals surface area contributed by atoms with Crippen LogP contribution in [0.5, 0.6) is 0 Å². The summed E-state index contributed by atoms with van der Waals surface area (Å²) in [5.41, 5.74) is 0.945. The summed E-state index contributed by atoms with van der Waals surface area (Å²) in [5.74, 6) is 2.96. The van der Waals surface area contributed by atoms with E-state index in [1.54, 1.807) is 6.07 Å². The van der Waals surface area contributed by atoms with E-state index in [1.165, 1.54) is 51.1 Å². The number of hydrogen-bond donors (Lipinski definition) is 1. The molecule has 2 amide bonds. The van der Waals surface area contributed by atoms with Gasteiger partial charge in [0, 0.05) is 25.0 Å². The number of rotatable bonds is 4. The second-order valence-electron chi connectivity index (χ2n) is 10.1. The molecule has 1 N–H and O–H groups in total. The highest BCUT2D eigenvalue weighted by molar-refractivity contribution is 5.94. The molecule has 4 bridgehead atoms. The zero-order chi connectivity index (χ0) is 19.3. The number of carbonyl (C=O) groups excluding carboxylic acids is 2. The molecule has 2 heterocycles. The van der Waals surface area contributed by atoms with Gasteiger partial charge < -0.3 is 14.6 Å². The Balaban J connectivity index is 1.16. The first kappa shape index (κ1) is 18.3. The summed E-state index contributed by atoms with van der Waals surface area (Å²) in [6.45, 7) is 3.55. The van der Waals surface area contributed by atoms with Gasteiger partial charge in [-0.15, -0.1) is 0 Å². The zero-order valence-corrected chi connectivity index (χ0v) is 16.9. The maximum Gasteiger partial charge on any atom is 0.257 e. The first-order chi connectivity index (χ1) is 13.5. The number of nitrogens with one attached hydrogen (secondary N) is 1. The van der Waals surface area contributed by atoms with E-state index in [-0.39, 0.29) is 23.8 Å². The van der Waals surface area contributed by atoms with Gasteiger partial charge in [0.2, 0.25) is 5.91 Å². The second-order valence-corrected chi connectivity index (χ2v) is 10.1. The van der Waals surface area contributed by atoms with E-state index in [9.17, 15) is 9.59 Å². The van der Waals surface area contributed by atoms with Crippen LogP contribution in [0.2, 0.25) is 0 Å². The van der Waals surface area contributed by atoms with E-state index >= 15 is 0 Å². The van der Waals surface area contributed by atoms with Gasteiger partial charge in [-0.05, 0) is 87.5 Å². The molecule has 1 atom stereocenters. The van der Waals surface area contributed by atoms with Gasteiger partial charge in [0.05, 0.1) is 11.8 Å². The molecule has 1 saturated heterocycles. The third-order valence-electron chi connectivity index (χ3n) is 8.28. The van der Waals surface area contributed by atoms with Crippen molar-refractivity contribution in [3.05, 3.63) is 24.2 Å². The van der Waals surface area contributed by atoms with Crippen molar-refractivity contribution in [2.75, 3.05) is 13.1 Å². The Morgan fingerprint density at radius 3 is 2.25 bits per heavy atom. The molecule has 5 fully saturated rings. The van der Waals surface area contributed by atoms with Crippen molar-refractivity contribution in [3.63, 3.8) is 0 Å². The van der Waals surface area contributed by atoms with Crippen molar-refractivity contribution in [1.82, 2.24) is 10.2 Å². The number of piperidine rings is 1. The van der Waals surface area contributed by atoms with Crippen molar-refractivity contribution in [2.45, 2.75) is 64.3 Å². The molecule has 0 unspecified atom stereocenters. The van der Waals surface area contributed by atoms with Crippen LogP contribution in [-0.4, -0.2) is 35.8 Å². The first-order valence-corrected chi connectivity index (χ1v) is 11.1. The third-order valence-corrected chi connectivity index (χ3v) is 8.28. The maximum atomic E-state index is 13.0. The second kappa shape index (κ2) is 6.93. The molecule has 0 radical (unpaired) electrons. The van der Waals surface area contributed by atoms with Crippen molar-refractivity contribution >= 4 is 11.8 Å². The van der Waals surface area contributed by atoms with Crippen LogP contribution in [0.3, 0.4) is 0 Å². The first-order valence-electron chi connectivity index (χ1n) is 11.1. The quantitative estimate of drug-likeness (QED) is 0.858. The molecule has 5 aliphatic rings. The fraction of sp³-hybridized carbons (Fsp3) is 0.739. The lowest BCUT2D eigenvalue weighted by Crippen LogP contribution is -2.56. The molecule has 4 aliphatic carbocycles. The molecule has 152 valence electrons. The summed E-state index contributed by atoms with van der Waals surface area (Å²) in [7, 11) is 0. The topological polar surface area (TPSA) is 62.6 Å². The molecule has 5 nitrogen and oxygen atoms in total. The minimum atomic E-state index is 0.00884. The minimum absolute atomic E-state index is 0.00884. The van der Waals surface area contributed by atoms with E-state index in [0.717, 1.165) is 30.6 Å². The normalized spacial score (nSPS) is 35.8. The number of carbonyl (C=O) groups is 2. The van der Waals surface area contributed by atoms with Gasteiger partial charge in [0.1, 0.15) is 6.26 Å². The highest BCUT2D eigenvalue weighted by atomic mass is 16.3. The van der Waals surface area contributed by atoms with Gasteiger partial charge >= 0.3 is 0 Å². The van der Waals surface area contributed by atoms with E-state index in [4.69, 9.17) is 4.42 Å². The molecule has 4 saturated carbocycles. The lowest BCUT2D eigenvalue weighted by Gasteiger charge is -2.59. The van der Waals surface area contributed by atoms with Gasteiger partial charge in [-0.3, -0.25) is 9.59 Å². The Kier molecular flexibility index (Phi) is 4.52. The molecule has 6 rings (SSSR count). The van der Waals surface area contributed by atoms with Crippen molar-refractivity contribution in [3.8, 4) is 0 Å². The lowest BCUT2D eigenvalue weighted by molar-refractivity contribution is -0.131. The molecule has 0 spiro atoms. The van der Waals surface area contributed by atoms with Crippen LogP contribution in [0.25, 0.3) is 0 Å². The Hall–Kier alpha value is -1.78. The zero-order valence-electron chi connectivity index (χ0n) is 16.9. The summed E-state index contributed by atoms with van der Waals surface area (Å²) in [6, 6.07) is 1.98. The molecule has 0 aromatic carbocycles. The van der Waals surface area contributed by atoms with Crippen molar-refractivity contribution in [1.29, 1.82) is 0 Å². The summed E-state index contributed by atoms with van der Waals surface area (Å²) in [4.78, 5) is 27.3. The Bertz CT molecular complexity index is 698. The van der Waals surface area contributed by atoms with Gasteiger partial charge in [0.15, 0.2) is 0 Å². The number of nitrogens with zero attached hydrogens (tertiary/aromatic N) is 1. The molecule has 1 aromatic rings. The Labute approximate surface area is 167 Å². The monoisotopic (exact) mass is 384 g/mol. The predicted octanol–water partition coefficient (Wildman–Crippen LogP) is 3.85. The summed E-state index contributed by atoms with van der Waals surface area (Å²) in [5, 5.41) is 3.42. The van der Waals surface area contributed by atoms with Crippen LogP contribution in [0.1, 0.15) is 68.6 Å². The van der Waals surface area contributed by atoms with E-state index < -0.39 is 0 Å². The molecular formula is C23H32N2O3. The summed E-state index contributed by atoms with van der Waals surface area (Å²) < 4.78 is 5.02. The fourth-order valence-electron chi connectivity index (χ4n) is 7.11. The Morgan fingerprint density at radius 2 is 1.71 bits per heavy atom. The van der Waals surface area contributed by atoms with Gasteiger partial charge in [0.25, 0.3) is 5.91 Å². The van der Waals surface area contributed by atoms with Gasteiger partial charge in [-0.2, -0.15) is 0 Å². The summed E-state index contributed by atoms with van der Waals surface area (Å²) >= 11 is 0. The summed E-state index contributed by atoms with van der Waals surface area (Å²) in [6.07, 6.45) is 12.8. The van der Waals surface area contributed by atoms with Crippen LogP contribution in [-0.2, 0) is 4.79 Å². The number of hydrogen-bond acceptors (Lipinski definition) is 3. The predicted molar refractivity (Wildman–Crippen MR) is 106 cm³/mol. The largest absolute Gasteiger partial charge is 0.472 e. The SMILES string of the molecule is C[C@H](NC(=O)C1CCN(C(=O)c2ccoc2)CC1)C12CC3CC(CC(C3)C1)C2. The molecule has 1 aromatic heterocycles. The number of likely N-dealkylation sites (tertiary alicyclic amines) is 1. The van der Waals surface area contributed by atoms with Crippen LogP contribution in [0.15, 0.2) is 23.0 Å². The average molecular weight is 385 g/mol. The lowest BCUT2D eigenvalue weighted by atomic mass is 9.48. The molecule has 5 heteroatoms. The smallest absolute Gasteiger partial charge is 0.257 e. The molecule has 28 heavy (non-hydrogen) atoms. The van der Waals surface area contributed by atoms with Crippen LogP contribution in [0.4, 0.5) is 0 Å². The molecular weight excluding hydrogens is 352 g/mol. The minimum Gasteiger partial charge on any atom is -0.472 e. The maximum absolute atomic E-state index is 13.0. The van der Waals surface area contributed by atoms with Gasteiger partial charge in [-0.25, -0.2) is 0 Å². The number of furan rings is 1. The Morgan fingerprint density at radius 1 is 1.11 bits per heavy atom. The van der Waals surface area contributed by atoms with Crippen molar-refractivity contribution < 1.29 is 14.0 Å². The highest BCUT2D eigenvalue weighted by Crippen LogP contribution is 2.61. The van der Waals surface area contributed by atoms with Crippen LogP contribution < -0.4 is 5.32 Å². The van der Waals surface area contributed by atoms with Crippen LogP contribution in [0, 0.1) is 29.1 Å². The van der Waals surface area contributed by atoms with E-state index in [2.05, 4.69) is 12.2 Å². The average Bonchev–Trinajstić information content (AvgIpc) is 3.21. The third kappa shape index (κ3) is 3.17. The van der Waals surface area contributed by atoms with E-state index in [0.29, 0.717) is 24.1 Å².